The average molecular weight is 432 g/mol. The van der Waals surface area contributed by atoms with Gasteiger partial charge in [0, 0.05) is 12.1 Å². The van der Waals surface area contributed by atoms with Gasteiger partial charge >= 0.3 is 0 Å². The van der Waals surface area contributed by atoms with Gasteiger partial charge in [-0.2, -0.15) is 0 Å². The van der Waals surface area contributed by atoms with Gasteiger partial charge in [-0.05, 0) is 88.8 Å². The third-order valence-corrected chi connectivity index (χ3v) is 5.95. The van der Waals surface area contributed by atoms with Crippen LogP contribution in [0.1, 0.15) is 42.6 Å². The average Bonchev–Trinajstić information content (AvgIpc) is 2.83. The van der Waals surface area contributed by atoms with Crippen LogP contribution in [0.3, 0.4) is 0 Å². The monoisotopic (exact) mass is 431 g/mol. The van der Waals surface area contributed by atoms with Crippen LogP contribution in [0.4, 0.5) is 8.78 Å². The normalized spacial score (nSPS) is 13.2. The second-order valence-electron chi connectivity index (χ2n) is 8.15. The van der Waals surface area contributed by atoms with Crippen LogP contribution in [0.2, 0.25) is 0 Å². The van der Waals surface area contributed by atoms with Crippen molar-refractivity contribution in [2.24, 2.45) is 0 Å². The van der Waals surface area contributed by atoms with Gasteiger partial charge < -0.3 is 10.1 Å². The van der Waals surface area contributed by atoms with Gasteiger partial charge in [0.05, 0.1) is 7.11 Å². The minimum absolute atomic E-state index is 0.0210. The molecule has 0 saturated heterocycles. The van der Waals surface area contributed by atoms with Crippen LogP contribution in [0.5, 0.6) is 5.75 Å². The van der Waals surface area contributed by atoms with Gasteiger partial charge in [-0.3, -0.25) is 0 Å². The lowest BCUT2D eigenvalue weighted by Gasteiger charge is -2.22. The van der Waals surface area contributed by atoms with E-state index >= 15 is 0 Å². The molecule has 164 valence electrons. The fourth-order valence-corrected chi connectivity index (χ4v) is 4.10. The zero-order valence-electron chi connectivity index (χ0n) is 18.5. The minimum Gasteiger partial charge on any atom is -0.497 e. The molecule has 0 aromatic heterocycles. The Kier molecular flexibility index (Phi) is 6.52. The summed E-state index contributed by atoms with van der Waals surface area (Å²) in [6.45, 7) is 3.73. The predicted molar refractivity (Wildman–Crippen MR) is 127 cm³/mol. The molecule has 0 aliphatic rings. The summed E-state index contributed by atoms with van der Waals surface area (Å²) in [5.41, 5.74) is 4.81. The van der Waals surface area contributed by atoms with E-state index in [-0.39, 0.29) is 17.9 Å². The summed E-state index contributed by atoms with van der Waals surface area (Å²) in [7, 11) is 1.66. The minimum atomic E-state index is -0.491. The van der Waals surface area contributed by atoms with Crippen molar-refractivity contribution < 1.29 is 13.5 Å². The summed E-state index contributed by atoms with van der Waals surface area (Å²) < 4.78 is 32.4. The molecule has 4 aromatic rings. The smallest absolute Gasteiger partial charge is 0.123 e. The maximum atomic E-state index is 14.0. The molecule has 0 amide bonds. The Balaban J connectivity index is 1.71. The lowest BCUT2D eigenvalue weighted by molar-refractivity contribution is 0.412. The van der Waals surface area contributed by atoms with Crippen LogP contribution >= 0.6 is 0 Å². The van der Waals surface area contributed by atoms with Gasteiger partial charge in [-0.25, -0.2) is 8.78 Å². The van der Waals surface area contributed by atoms with Crippen LogP contribution in [-0.2, 0) is 6.67 Å². The molecule has 4 aromatic carbocycles. The number of rotatable bonds is 7. The molecule has 0 saturated carbocycles. The lowest BCUT2D eigenvalue weighted by atomic mass is 9.92. The molecule has 0 spiro atoms. The Morgan fingerprint density at radius 3 is 2.31 bits per heavy atom. The van der Waals surface area contributed by atoms with E-state index in [0.717, 1.165) is 38.8 Å². The molecule has 0 fully saturated rings. The molecule has 0 bridgehead atoms. The third kappa shape index (κ3) is 4.66. The molecule has 1 N–H and O–H groups in total. The van der Waals surface area contributed by atoms with Gasteiger partial charge in [-0.1, -0.05) is 42.5 Å². The molecule has 0 aliphatic carbocycles. The van der Waals surface area contributed by atoms with E-state index in [1.54, 1.807) is 25.3 Å². The van der Waals surface area contributed by atoms with E-state index in [1.165, 1.54) is 6.07 Å². The maximum Gasteiger partial charge on any atom is 0.123 e. The first-order valence-electron chi connectivity index (χ1n) is 10.8. The quantitative estimate of drug-likeness (QED) is 0.326. The van der Waals surface area contributed by atoms with Crippen molar-refractivity contribution in [1.29, 1.82) is 0 Å². The summed E-state index contributed by atoms with van der Waals surface area (Å²) in [5, 5.41) is 5.45. The topological polar surface area (TPSA) is 21.3 Å². The molecular formula is C28H27F2NO. The summed E-state index contributed by atoms with van der Waals surface area (Å²) in [4.78, 5) is 0. The summed E-state index contributed by atoms with van der Waals surface area (Å²) in [5.74, 6) is 0.558. The summed E-state index contributed by atoms with van der Waals surface area (Å²) in [6, 6.07) is 24.6. The first-order chi connectivity index (χ1) is 15.5. The van der Waals surface area contributed by atoms with Gasteiger partial charge in [0.25, 0.3) is 0 Å². The van der Waals surface area contributed by atoms with Crippen molar-refractivity contribution in [3.63, 3.8) is 0 Å². The van der Waals surface area contributed by atoms with Gasteiger partial charge in [0.15, 0.2) is 0 Å². The molecule has 0 heterocycles. The van der Waals surface area contributed by atoms with Crippen molar-refractivity contribution in [3.05, 3.63) is 101 Å². The van der Waals surface area contributed by atoms with E-state index in [2.05, 4.69) is 31.3 Å². The van der Waals surface area contributed by atoms with Crippen molar-refractivity contribution in [1.82, 2.24) is 5.32 Å². The Bertz CT molecular complexity index is 1220. The zero-order valence-corrected chi connectivity index (χ0v) is 18.5. The molecular weight excluding hydrogens is 404 g/mol. The molecule has 0 radical (unpaired) electrons. The molecule has 2 atom stereocenters. The van der Waals surface area contributed by atoms with E-state index in [0.29, 0.717) is 5.56 Å². The first kappa shape index (κ1) is 22.0. The second-order valence-corrected chi connectivity index (χ2v) is 8.15. The van der Waals surface area contributed by atoms with E-state index in [1.807, 2.05) is 42.5 Å². The molecule has 4 rings (SSSR count). The third-order valence-electron chi connectivity index (χ3n) is 5.95. The van der Waals surface area contributed by atoms with Crippen LogP contribution in [-0.4, -0.2) is 7.11 Å². The van der Waals surface area contributed by atoms with Crippen molar-refractivity contribution in [2.45, 2.75) is 32.6 Å². The Hall–Kier alpha value is -3.24. The number of hydrogen-bond donors (Lipinski definition) is 1. The highest BCUT2D eigenvalue weighted by Gasteiger charge is 2.15. The molecule has 0 aliphatic heterocycles. The highest BCUT2D eigenvalue weighted by atomic mass is 19.1. The highest BCUT2D eigenvalue weighted by Crippen LogP contribution is 2.34. The van der Waals surface area contributed by atoms with E-state index in [4.69, 9.17) is 4.74 Å². The number of fused-ring (bicyclic) bond motifs is 1. The number of ether oxygens (including phenoxy) is 1. The van der Waals surface area contributed by atoms with E-state index < -0.39 is 6.67 Å². The largest absolute Gasteiger partial charge is 0.497 e. The van der Waals surface area contributed by atoms with Gasteiger partial charge in [-0.15, -0.1) is 0 Å². The van der Waals surface area contributed by atoms with Crippen LogP contribution in [0, 0.1) is 5.82 Å². The molecule has 1 unspecified atom stereocenters. The summed E-state index contributed by atoms with van der Waals surface area (Å²) >= 11 is 0. The Labute approximate surface area is 187 Å². The SMILES string of the molecule is COc1cccc([C@@H](C)NC(C)c2cc(-c3ccc(CF)cc3)c3ccc(F)cc3c2)c1. The lowest BCUT2D eigenvalue weighted by Crippen LogP contribution is -2.22. The van der Waals surface area contributed by atoms with Gasteiger partial charge in [0.1, 0.15) is 18.2 Å². The number of halogens is 2. The second kappa shape index (κ2) is 9.49. The van der Waals surface area contributed by atoms with Crippen LogP contribution < -0.4 is 10.1 Å². The zero-order chi connectivity index (χ0) is 22.7. The predicted octanol–water partition coefficient (Wildman–Crippen LogP) is 7.54. The Morgan fingerprint density at radius 1 is 0.844 bits per heavy atom. The molecule has 32 heavy (non-hydrogen) atoms. The number of nitrogens with one attached hydrogen (secondary N) is 1. The van der Waals surface area contributed by atoms with Crippen molar-refractivity contribution in [2.75, 3.05) is 7.11 Å². The van der Waals surface area contributed by atoms with Crippen molar-refractivity contribution >= 4 is 10.8 Å². The number of hydrogen-bond acceptors (Lipinski definition) is 2. The van der Waals surface area contributed by atoms with Gasteiger partial charge in [0.2, 0.25) is 0 Å². The summed E-state index contributed by atoms with van der Waals surface area (Å²) in [6.07, 6.45) is 0. The Morgan fingerprint density at radius 2 is 1.59 bits per heavy atom. The number of benzene rings is 4. The van der Waals surface area contributed by atoms with Crippen LogP contribution in [0.25, 0.3) is 21.9 Å². The number of methoxy groups -OCH3 is 1. The number of alkyl halides is 1. The van der Waals surface area contributed by atoms with Crippen LogP contribution in [0.15, 0.2) is 78.9 Å². The molecule has 4 heteroatoms. The fourth-order valence-electron chi connectivity index (χ4n) is 4.10. The standard InChI is InChI=1S/C28H27F2NO/c1-18(22-5-4-6-26(15-22)32-3)31-19(2)23-13-24-14-25(30)11-12-27(24)28(16-23)21-9-7-20(17-29)8-10-21/h4-16,18-19,31H,17H2,1-3H3/t18-,19?/m1/s1. The fraction of sp³-hybridized carbons (Fsp3) is 0.214. The maximum absolute atomic E-state index is 14.0. The first-order valence-corrected chi connectivity index (χ1v) is 10.8. The van der Waals surface area contributed by atoms with Crippen molar-refractivity contribution in [3.8, 4) is 16.9 Å². The molecule has 2 nitrogen and oxygen atoms in total. The highest BCUT2D eigenvalue weighted by molar-refractivity contribution is 5.97. The van der Waals surface area contributed by atoms with E-state index in [9.17, 15) is 8.78 Å².